The highest BCUT2D eigenvalue weighted by atomic mass is 16.5. The van der Waals surface area contributed by atoms with E-state index in [9.17, 15) is 9.59 Å². The number of amides is 2. The number of nitrogens with one attached hydrogen (secondary N) is 1. The first-order chi connectivity index (χ1) is 20.0. The lowest BCUT2D eigenvalue weighted by atomic mass is 9.97. The van der Waals surface area contributed by atoms with Gasteiger partial charge in [-0.3, -0.25) is 14.6 Å². The molecule has 0 bridgehead atoms. The number of aryl methyl sites for hydroxylation is 1. The van der Waals surface area contributed by atoms with Crippen LogP contribution >= 0.6 is 0 Å². The van der Waals surface area contributed by atoms with Crippen LogP contribution in [-0.2, 0) is 19.6 Å². The normalized spacial score (nSPS) is 12.2. The maximum atomic E-state index is 14.1. The first-order valence-electron chi connectivity index (χ1n) is 13.5. The van der Waals surface area contributed by atoms with Gasteiger partial charge < -0.3 is 19.5 Å². The summed E-state index contributed by atoms with van der Waals surface area (Å²) in [5, 5.41) is 3.00. The molecule has 1 aliphatic heterocycles. The van der Waals surface area contributed by atoms with E-state index in [2.05, 4.69) is 10.3 Å². The minimum atomic E-state index is -0.167. The molecular weight excluding hydrogens is 512 g/mol. The van der Waals surface area contributed by atoms with E-state index in [1.165, 1.54) is 0 Å². The van der Waals surface area contributed by atoms with Crippen LogP contribution in [0.3, 0.4) is 0 Å². The van der Waals surface area contributed by atoms with Crippen molar-refractivity contribution in [3.63, 3.8) is 0 Å². The third-order valence-electron chi connectivity index (χ3n) is 7.53. The van der Waals surface area contributed by atoms with Gasteiger partial charge in [-0.2, -0.15) is 0 Å². The van der Waals surface area contributed by atoms with E-state index >= 15 is 0 Å². The van der Waals surface area contributed by atoms with Crippen LogP contribution in [0.4, 0.5) is 5.69 Å². The van der Waals surface area contributed by atoms with Crippen LogP contribution in [0.25, 0.3) is 11.1 Å². The summed E-state index contributed by atoms with van der Waals surface area (Å²) < 4.78 is 7.56. The number of methoxy groups -OCH3 is 1. The minimum absolute atomic E-state index is 0.0932. The summed E-state index contributed by atoms with van der Waals surface area (Å²) in [5.41, 5.74) is 7.79. The summed E-state index contributed by atoms with van der Waals surface area (Å²) >= 11 is 0. The molecule has 2 aromatic heterocycles. The zero-order valence-electron chi connectivity index (χ0n) is 23.0. The van der Waals surface area contributed by atoms with Crippen molar-refractivity contribution in [2.45, 2.75) is 26.6 Å². The predicted octanol–water partition coefficient (Wildman–Crippen LogP) is 6.01. The largest absolute Gasteiger partial charge is 0.496 e. The van der Waals surface area contributed by atoms with Gasteiger partial charge in [-0.15, -0.1) is 0 Å². The number of nitrogens with zero attached hydrogens (tertiary/aromatic N) is 3. The molecule has 2 amide bonds. The van der Waals surface area contributed by atoms with Crippen LogP contribution in [0.5, 0.6) is 5.75 Å². The molecule has 3 aromatic carbocycles. The second-order valence-electron chi connectivity index (χ2n) is 10.1. The van der Waals surface area contributed by atoms with E-state index in [0.717, 1.165) is 44.9 Å². The van der Waals surface area contributed by atoms with Gasteiger partial charge >= 0.3 is 0 Å². The molecule has 0 radical (unpaired) electrons. The number of aromatic nitrogens is 2. The van der Waals surface area contributed by atoms with Gasteiger partial charge in [-0.1, -0.05) is 48.5 Å². The van der Waals surface area contributed by atoms with Crippen molar-refractivity contribution in [1.29, 1.82) is 0 Å². The van der Waals surface area contributed by atoms with Gasteiger partial charge in [-0.25, -0.2) is 0 Å². The SMILES string of the molecule is COc1ccccc1-c1ccc(C(=O)N2Cc3ccc(C(=O)NCc4cccnc4)n3Cc3ccccc32)cc1C. The van der Waals surface area contributed by atoms with Crippen LogP contribution in [0, 0.1) is 6.92 Å². The van der Waals surface area contributed by atoms with E-state index in [0.29, 0.717) is 30.9 Å². The average Bonchev–Trinajstić information content (AvgIpc) is 3.33. The highest BCUT2D eigenvalue weighted by Crippen LogP contribution is 2.34. The van der Waals surface area contributed by atoms with E-state index in [4.69, 9.17) is 4.74 Å². The molecule has 7 nitrogen and oxygen atoms in total. The number of carbonyl (C=O) groups excluding carboxylic acids is 2. The second-order valence-corrected chi connectivity index (χ2v) is 10.1. The number of ether oxygens (including phenoxy) is 1. The number of pyridine rings is 1. The van der Waals surface area contributed by atoms with Crippen molar-refractivity contribution in [3.8, 4) is 16.9 Å². The van der Waals surface area contributed by atoms with E-state index < -0.39 is 0 Å². The molecule has 0 saturated carbocycles. The smallest absolute Gasteiger partial charge is 0.268 e. The van der Waals surface area contributed by atoms with Crippen LogP contribution in [0.1, 0.15) is 43.2 Å². The van der Waals surface area contributed by atoms with Crippen LogP contribution in [0.15, 0.2) is 103 Å². The van der Waals surface area contributed by atoms with Crippen LogP contribution < -0.4 is 15.0 Å². The number of rotatable bonds is 6. The lowest BCUT2D eigenvalue weighted by molar-refractivity contribution is 0.0941. The molecule has 204 valence electrons. The molecule has 41 heavy (non-hydrogen) atoms. The summed E-state index contributed by atoms with van der Waals surface area (Å²) in [4.78, 5) is 33.2. The highest BCUT2D eigenvalue weighted by molar-refractivity contribution is 6.07. The van der Waals surface area contributed by atoms with Crippen molar-refractivity contribution in [2.24, 2.45) is 0 Å². The van der Waals surface area contributed by atoms with Gasteiger partial charge in [-0.05, 0) is 71.6 Å². The molecule has 6 rings (SSSR count). The minimum Gasteiger partial charge on any atom is -0.496 e. The molecule has 0 unspecified atom stereocenters. The van der Waals surface area contributed by atoms with Gasteiger partial charge in [0, 0.05) is 41.4 Å². The lowest BCUT2D eigenvalue weighted by Crippen LogP contribution is -2.30. The summed E-state index contributed by atoms with van der Waals surface area (Å²) in [5.74, 6) is 0.529. The van der Waals surface area contributed by atoms with Gasteiger partial charge in [0.05, 0.1) is 20.2 Å². The fourth-order valence-corrected chi connectivity index (χ4v) is 5.44. The van der Waals surface area contributed by atoms with Gasteiger partial charge in [0.25, 0.3) is 11.8 Å². The van der Waals surface area contributed by atoms with E-state index in [1.54, 1.807) is 19.5 Å². The number of fused-ring (bicyclic) bond motifs is 2. The average molecular weight is 543 g/mol. The van der Waals surface area contributed by atoms with Gasteiger partial charge in [0.2, 0.25) is 0 Å². The first-order valence-corrected chi connectivity index (χ1v) is 13.5. The maximum absolute atomic E-state index is 14.1. The molecule has 5 aromatic rings. The molecule has 1 N–H and O–H groups in total. The number of para-hydroxylation sites is 2. The highest BCUT2D eigenvalue weighted by Gasteiger charge is 2.27. The van der Waals surface area contributed by atoms with Crippen molar-refractivity contribution >= 4 is 17.5 Å². The molecule has 7 heteroatoms. The summed E-state index contributed by atoms with van der Waals surface area (Å²) in [6, 6.07) is 29.1. The lowest BCUT2D eigenvalue weighted by Gasteiger charge is -2.23. The number of hydrogen-bond acceptors (Lipinski definition) is 4. The molecule has 3 heterocycles. The second kappa shape index (κ2) is 11.1. The summed E-state index contributed by atoms with van der Waals surface area (Å²) in [7, 11) is 1.66. The Hall–Kier alpha value is -5.17. The van der Waals surface area contributed by atoms with Crippen LogP contribution in [-0.4, -0.2) is 28.5 Å². The Morgan fingerprint density at radius 1 is 0.902 bits per heavy atom. The van der Waals surface area contributed by atoms with Gasteiger partial charge in [0.1, 0.15) is 11.4 Å². The molecule has 0 aliphatic carbocycles. The number of benzene rings is 3. The molecule has 0 saturated heterocycles. The third kappa shape index (κ3) is 5.10. The molecule has 0 spiro atoms. The van der Waals surface area contributed by atoms with Gasteiger partial charge in [0.15, 0.2) is 0 Å². The Bertz CT molecular complexity index is 1740. The topological polar surface area (TPSA) is 76.5 Å². The Balaban J connectivity index is 1.30. The Morgan fingerprint density at radius 2 is 1.73 bits per heavy atom. The quantitative estimate of drug-likeness (QED) is 0.285. The predicted molar refractivity (Wildman–Crippen MR) is 159 cm³/mol. The Kier molecular flexibility index (Phi) is 7.08. The van der Waals surface area contributed by atoms with Crippen LogP contribution in [0.2, 0.25) is 0 Å². The Morgan fingerprint density at radius 3 is 2.54 bits per heavy atom. The molecule has 0 fully saturated rings. The third-order valence-corrected chi connectivity index (χ3v) is 7.53. The standard InChI is InChI=1S/C34H30N4O3/c1-23-18-25(13-15-28(23)29-10-4-6-12-32(29)41-2)34(40)38-22-27-14-16-31(33(39)36-20-24-8-7-17-35-19-24)37(27)21-26-9-3-5-11-30(26)38/h3-19H,20-22H2,1-2H3,(H,36,39). The fraction of sp³-hybridized carbons (Fsp3) is 0.147. The number of carbonyl (C=O) groups is 2. The number of hydrogen-bond donors (Lipinski definition) is 1. The maximum Gasteiger partial charge on any atom is 0.268 e. The molecular formula is C34H30N4O3. The first kappa shape index (κ1) is 26.1. The zero-order chi connectivity index (χ0) is 28.3. The summed E-state index contributed by atoms with van der Waals surface area (Å²) in [6.45, 7) is 3.23. The summed E-state index contributed by atoms with van der Waals surface area (Å²) in [6.07, 6.45) is 3.45. The van der Waals surface area contributed by atoms with Crippen molar-refractivity contribution in [1.82, 2.24) is 14.9 Å². The number of anilines is 1. The fourth-order valence-electron chi connectivity index (χ4n) is 5.44. The van der Waals surface area contributed by atoms with Crippen molar-refractivity contribution in [3.05, 3.63) is 137 Å². The molecule has 1 aliphatic rings. The van der Waals surface area contributed by atoms with E-state index in [1.807, 2.05) is 107 Å². The zero-order valence-corrected chi connectivity index (χ0v) is 23.0. The molecule has 0 atom stereocenters. The van der Waals surface area contributed by atoms with Crippen molar-refractivity contribution in [2.75, 3.05) is 12.0 Å². The van der Waals surface area contributed by atoms with Crippen molar-refractivity contribution < 1.29 is 14.3 Å². The monoisotopic (exact) mass is 542 g/mol. The Labute approximate surface area is 239 Å². The van der Waals surface area contributed by atoms with E-state index in [-0.39, 0.29) is 11.8 Å².